The van der Waals surface area contributed by atoms with Gasteiger partial charge in [-0.3, -0.25) is 0 Å². The zero-order chi connectivity index (χ0) is 19.1. The maximum atomic E-state index is 4.35. The molecule has 1 saturated carbocycles. The van der Waals surface area contributed by atoms with Crippen LogP contribution < -0.4 is 0 Å². The van der Waals surface area contributed by atoms with E-state index < -0.39 is 0 Å². The minimum Gasteiger partial charge on any atom is -0.0981 e. The average molecular weight is 375 g/mol. The second kappa shape index (κ2) is 7.36. The normalized spacial score (nSPS) is 20.8. The first kappa shape index (κ1) is 18.6. The molecule has 0 N–H and O–H groups in total. The Kier molecular flexibility index (Phi) is 5.07. The Morgan fingerprint density at radius 3 is 2.48 bits per heavy atom. The first-order valence-electron chi connectivity index (χ1n) is 10.1. The third kappa shape index (κ3) is 3.67. The highest BCUT2D eigenvalue weighted by molar-refractivity contribution is 8.10. The van der Waals surface area contributed by atoms with Crippen LogP contribution in [0.15, 0.2) is 47.9 Å². The summed E-state index contributed by atoms with van der Waals surface area (Å²) in [6.45, 7) is 13.2. The van der Waals surface area contributed by atoms with Crippen molar-refractivity contribution in [3.63, 3.8) is 0 Å². The number of allylic oxidation sites excluding steroid dienone is 1. The summed E-state index contributed by atoms with van der Waals surface area (Å²) in [5.41, 5.74) is 11.5. The third-order valence-electron chi connectivity index (χ3n) is 6.54. The summed E-state index contributed by atoms with van der Waals surface area (Å²) < 4.78 is 0. The van der Waals surface area contributed by atoms with E-state index in [4.69, 9.17) is 0 Å². The van der Waals surface area contributed by atoms with Gasteiger partial charge in [0.25, 0.3) is 0 Å². The Hall–Kier alpha value is -1.73. The van der Waals surface area contributed by atoms with Gasteiger partial charge >= 0.3 is 0 Å². The number of aryl methyl sites for hydroxylation is 3. The molecule has 0 aromatic heterocycles. The smallest absolute Gasteiger partial charge is 0.0116 e. The third-order valence-corrected chi connectivity index (χ3v) is 7.59. The zero-order valence-corrected chi connectivity index (χ0v) is 17.9. The number of benzene rings is 2. The minimum atomic E-state index is 0.813. The largest absolute Gasteiger partial charge is 0.0981 e. The molecule has 2 aliphatic rings. The van der Waals surface area contributed by atoms with E-state index in [1.165, 1.54) is 52.7 Å². The molecule has 2 aromatic rings. The van der Waals surface area contributed by atoms with Crippen molar-refractivity contribution in [1.29, 1.82) is 0 Å². The van der Waals surface area contributed by atoms with Crippen molar-refractivity contribution in [1.82, 2.24) is 0 Å². The fraction of sp³-hybridized carbons (Fsp3) is 0.385. The number of fused-ring (bicyclic) bond motifs is 5. The lowest BCUT2D eigenvalue weighted by atomic mass is 9.90. The van der Waals surface area contributed by atoms with Crippen molar-refractivity contribution in [3.8, 4) is 0 Å². The van der Waals surface area contributed by atoms with Crippen LogP contribution in [0.1, 0.15) is 77.0 Å². The van der Waals surface area contributed by atoms with E-state index in [1.807, 2.05) is 0 Å². The predicted octanol–water partition coefficient (Wildman–Crippen LogP) is 7.83. The number of thioether (sulfide) groups is 1. The standard InChI is InChI=1S/C26H30S/c1-16(10-24-12-18(3)17(2)11-19(24)4)15-27-20(5)21-8-9-25-22-6-7-23(13-22)26(25)14-21/h8-9,11-12,14-15,22-23H,5-7,10,13H2,1-4H3/b16-15+. The Bertz CT molecular complexity index is 931. The van der Waals surface area contributed by atoms with Gasteiger partial charge in [-0.15, -0.1) is 0 Å². The summed E-state index contributed by atoms with van der Waals surface area (Å²) in [7, 11) is 0. The van der Waals surface area contributed by atoms with E-state index in [0.717, 1.165) is 23.2 Å². The summed E-state index contributed by atoms with van der Waals surface area (Å²) in [6, 6.07) is 11.7. The van der Waals surface area contributed by atoms with E-state index in [1.54, 1.807) is 22.9 Å². The van der Waals surface area contributed by atoms with Crippen LogP contribution in [-0.4, -0.2) is 0 Å². The van der Waals surface area contributed by atoms with Gasteiger partial charge in [-0.05, 0) is 110 Å². The first-order chi connectivity index (χ1) is 12.9. The van der Waals surface area contributed by atoms with E-state index in [0.29, 0.717) is 0 Å². The van der Waals surface area contributed by atoms with E-state index >= 15 is 0 Å². The number of hydrogen-bond donors (Lipinski definition) is 0. The number of hydrogen-bond acceptors (Lipinski definition) is 1. The van der Waals surface area contributed by atoms with Crippen molar-refractivity contribution < 1.29 is 0 Å². The molecule has 0 nitrogen and oxygen atoms in total. The highest BCUT2D eigenvalue weighted by Gasteiger charge is 2.36. The van der Waals surface area contributed by atoms with Gasteiger partial charge in [0.2, 0.25) is 0 Å². The monoisotopic (exact) mass is 374 g/mol. The second-order valence-corrected chi connectivity index (χ2v) is 9.56. The molecule has 0 amide bonds. The molecule has 0 aliphatic heterocycles. The SMILES string of the molecule is C=C(S/C=C(\C)Cc1cc(C)c(C)cc1C)c1ccc2c(c1)C1CCC2C1. The molecule has 2 bridgehead atoms. The highest BCUT2D eigenvalue weighted by atomic mass is 32.2. The van der Waals surface area contributed by atoms with Crippen molar-refractivity contribution >= 4 is 16.7 Å². The molecule has 140 valence electrons. The van der Waals surface area contributed by atoms with Gasteiger partial charge in [-0.25, -0.2) is 0 Å². The van der Waals surface area contributed by atoms with Crippen molar-refractivity contribution in [2.45, 2.75) is 65.2 Å². The fourth-order valence-electron chi connectivity index (χ4n) is 4.81. The van der Waals surface area contributed by atoms with Crippen LogP contribution in [-0.2, 0) is 6.42 Å². The quantitative estimate of drug-likeness (QED) is 0.514. The van der Waals surface area contributed by atoms with Gasteiger partial charge in [0, 0.05) is 4.91 Å². The summed E-state index contributed by atoms with van der Waals surface area (Å²) in [5, 5.41) is 2.29. The van der Waals surface area contributed by atoms with Crippen LogP contribution in [0.25, 0.3) is 4.91 Å². The fourth-order valence-corrected chi connectivity index (χ4v) is 5.50. The van der Waals surface area contributed by atoms with E-state index in [-0.39, 0.29) is 0 Å². The molecule has 2 aromatic carbocycles. The molecular weight excluding hydrogens is 344 g/mol. The molecule has 4 rings (SSSR count). The molecule has 0 heterocycles. The van der Waals surface area contributed by atoms with Gasteiger partial charge in [0.15, 0.2) is 0 Å². The van der Waals surface area contributed by atoms with Crippen LogP contribution in [0.4, 0.5) is 0 Å². The molecule has 0 spiro atoms. The maximum Gasteiger partial charge on any atom is 0.0116 e. The van der Waals surface area contributed by atoms with Gasteiger partial charge in [0.1, 0.15) is 0 Å². The molecule has 0 radical (unpaired) electrons. The summed E-state index contributed by atoms with van der Waals surface area (Å²) >= 11 is 1.78. The van der Waals surface area contributed by atoms with Crippen molar-refractivity contribution in [2.24, 2.45) is 0 Å². The Morgan fingerprint density at radius 2 is 1.70 bits per heavy atom. The van der Waals surface area contributed by atoms with Crippen molar-refractivity contribution in [2.75, 3.05) is 0 Å². The van der Waals surface area contributed by atoms with Crippen LogP contribution in [0.5, 0.6) is 0 Å². The molecule has 1 fully saturated rings. The Morgan fingerprint density at radius 1 is 1.00 bits per heavy atom. The molecular formula is C26H30S. The molecule has 1 heteroatoms. The van der Waals surface area contributed by atoms with Gasteiger partial charge in [-0.2, -0.15) is 0 Å². The molecule has 0 saturated heterocycles. The lowest BCUT2D eigenvalue weighted by Crippen LogP contribution is -1.98. The van der Waals surface area contributed by atoms with Crippen LogP contribution in [0.3, 0.4) is 0 Å². The zero-order valence-electron chi connectivity index (χ0n) is 17.1. The van der Waals surface area contributed by atoms with E-state index in [2.05, 4.69) is 70.0 Å². The Labute approximate surface area is 168 Å². The average Bonchev–Trinajstić information content (AvgIpc) is 3.26. The summed E-state index contributed by atoms with van der Waals surface area (Å²) in [6.07, 6.45) is 5.18. The predicted molar refractivity (Wildman–Crippen MR) is 121 cm³/mol. The lowest BCUT2D eigenvalue weighted by molar-refractivity contribution is 0.717. The topological polar surface area (TPSA) is 0 Å². The van der Waals surface area contributed by atoms with Gasteiger partial charge in [-0.1, -0.05) is 54.2 Å². The van der Waals surface area contributed by atoms with Crippen LogP contribution >= 0.6 is 11.8 Å². The van der Waals surface area contributed by atoms with Crippen LogP contribution in [0, 0.1) is 20.8 Å². The molecule has 27 heavy (non-hydrogen) atoms. The minimum absolute atomic E-state index is 0.813. The number of rotatable bonds is 5. The molecule has 2 unspecified atom stereocenters. The second-order valence-electron chi connectivity index (χ2n) is 8.60. The highest BCUT2D eigenvalue weighted by Crippen LogP contribution is 2.53. The maximum absolute atomic E-state index is 4.35. The molecule has 2 atom stereocenters. The first-order valence-corrected chi connectivity index (χ1v) is 11.0. The van der Waals surface area contributed by atoms with Gasteiger partial charge < -0.3 is 0 Å². The summed E-state index contributed by atoms with van der Waals surface area (Å²) in [5.74, 6) is 1.65. The molecule has 2 aliphatic carbocycles. The summed E-state index contributed by atoms with van der Waals surface area (Å²) in [4.78, 5) is 1.16. The van der Waals surface area contributed by atoms with E-state index in [9.17, 15) is 0 Å². The van der Waals surface area contributed by atoms with Crippen LogP contribution in [0.2, 0.25) is 0 Å². The Balaban J connectivity index is 1.44. The van der Waals surface area contributed by atoms with Crippen molar-refractivity contribution in [3.05, 3.63) is 86.8 Å². The van der Waals surface area contributed by atoms with Gasteiger partial charge in [0.05, 0.1) is 0 Å². The lowest BCUT2D eigenvalue weighted by Gasteiger charge is -2.16.